The van der Waals surface area contributed by atoms with Crippen LogP contribution in [0, 0.1) is 0 Å². The van der Waals surface area contributed by atoms with E-state index in [1.807, 2.05) is 42.5 Å². The minimum atomic E-state index is -3.70. The van der Waals surface area contributed by atoms with Gasteiger partial charge in [-0.25, -0.2) is 8.42 Å². The largest absolute Gasteiger partial charge is 0.497 e. The van der Waals surface area contributed by atoms with Crippen LogP contribution in [0.25, 0.3) is 0 Å². The zero-order valence-corrected chi connectivity index (χ0v) is 19.2. The van der Waals surface area contributed by atoms with Gasteiger partial charge in [-0.1, -0.05) is 35.9 Å². The van der Waals surface area contributed by atoms with Crippen LogP contribution in [0.1, 0.15) is 16.7 Å². The minimum absolute atomic E-state index is 0.197. The third-order valence-corrected chi connectivity index (χ3v) is 7.29. The molecule has 1 aliphatic heterocycles. The first-order valence-corrected chi connectivity index (χ1v) is 12.0. The Morgan fingerprint density at radius 3 is 2.53 bits per heavy atom. The summed E-state index contributed by atoms with van der Waals surface area (Å²) in [7, 11) is -2.19. The molecule has 0 fully saturated rings. The minimum Gasteiger partial charge on any atom is -0.497 e. The fraction of sp³-hybridized carbons (Fsp3) is 0.250. The monoisotopic (exact) mass is 473 g/mol. The summed E-state index contributed by atoms with van der Waals surface area (Å²) in [5, 5.41) is 0.688. The number of hydrogen-bond acceptors (Lipinski definition) is 5. The molecular formula is C24H24ClNO5S. The zero-order valence-electron chi connectivity index (χ0n) is 17.7. The predicted octanol–water partition coefficient (Wildman–Crippen LogP) is 4.65. The van der Waals surface area contributed by atoms with Crippen LogP contribution in [-0.4, -0.2) is 33.0 Å². The second-order valence-corrected chi connectivity index (χ2v) is 9.80. The maximum atomic E-state index is 13.2. The van der Waals surface area contributed by atoms with Crippen molar-refractivity contribution in [1.82, 2.24) is 4.31 Å². The zero-order chi connectivity index (χ0) is 22.6. The van der Waals surface area contributed by atoms with Gasteiger partial charge in [0, 0.05) is 29.7 Å². The Bertz CT molecular complexity index is 1180. The van der Waals surface area contributed by atoms with Crippen molar-refractivity contribution in [3.63, 3.8) is 0 Å². The van der Waals surface area contributed by atoms with Crippen molar-refractivity contribution < 1.29 is 22.6 Å². The molecule has 1 aliphatic rings. The number of rotatable bonds is 7. The Labute approximate surface area is 193 Å². The van der Waals surface area contributed by atoms with Crippen LogP contribution in [0.4, 0.5) is 0 Å². The number of fused-ring (bicyclic) bond motifs is 1. The molecule has 3 aromatic rings. The topological polar surface area (TPSA) is 65.1 Å². The van der Waals surface area contributed by atoms with Gasteiger partial charge >= 0.3 is 0 Å². The van der Waals surface area contributed by atoms with Gasteiger partial charge in [0.25, 0.3) is 0 Å². The summed E-state index contributed by atoms with van der Waals surface area (Å²) in [6, 6.07) is 19.8. The number of sulfonamides is 1. The van der Waals surface area contributed by atoms with Gasteiger partial charge in [0.05, 0.1) is 25.2 Å². The molecule has 0 bridgehead atoms. The summed E-state index contributed by atoms with van der Waals surface area (Å²) in [5.41, 5.74) is 2.78. The molecule has 6 nitrogen and oxygen atoms in total. The Kier molecular flexibility index (Phi) is 7.01. The smallest absolute Gasteiger partial charge is 0.243 e. The van der Waals surface area contributed by atoms with Crippen molar-refractivity contribution in [2.45, 2.75) is 24.7 Å². The van der Waals surface area contributed by atoms with Gasteiger partial charge in [0.15, 0.2) is 0 Å². The first kappa shape index (κ1) is 22.6. The van der Waals surface area contributed by atoms with E-state index in [4.69, 9.17) is 25.8 Å². The number of hydrogen-bond donors (Lipinski definition) is 0. The van der Waals surface area contributed by atoms with E-state index in [1.54, 1.807) is 18.2 Å². The highest BCUT2D eigenvalue weighted by molar-refractivity contribution is 7.89. The van der Waals surface area contributed by atoms with Gasteiger partial charge in [-0.15, -0.1) is 0 Å². The summed E-state index contributed by atoms with van der Waals surface area (Å²) in [4.78, 5) is 0.197. The van der Waals surface area contributed by atoms with Crippen molar-refractivity contribution in [2.24, 2.45) is 0 Å². The van der Waals surface area contributed by atoms with E-state index in [9.17, 15) is 8.42 Å². The fourth-order valence-electron chi connectivity index (χ4n) is 3.50. The number of nitrogens with zero attached hydrogens (tertiary/aromatic N) is 1. The maximum absolute atomic E-state index is 13.2. The van der Waals surface area contributed by atoms with Crippen molar-refractivity contribution in [3.05, 3.63) is 88.4 Å². The third-order valence-electron chi connectivity index (χ3n) is 5.20. The first-order valence-electron chi connectivity index (χ1n) is 10.2. The highest BCUT2D eigenvalue weighted by atomic mass is 35.5. The molecule has 0 unspecified atom stereocenters. The Morgan fingerprint density at radius 1 is 1.00 bits per heavy atom. The molecular weight excluding hydrogens is 450 g/mol. The van der Waals surface area contributed by atoms with Crippen molar-refractivity contribution in [3.8, 4) is 11.5 Å². The normalized spacial score (nSPS) is 14.3. The van der Waals surface area contributed by atoms with Gasteiger partial charge in [0.1, 0.15) is 18.1 Å². The van der Waals surface area contributed by atoms with Crippen molar-refractivity contribution in [1.29, 1.82) is 0 Å². The van der Waals surface area contributed by atoms with E-state index in [-0.39, 0.29) is 24.6 Å². The second kappa shape index (κ2) is 9.92. The molecule has 0 saturated heterocycles. The molecule has 0 amide bonds. The van der Waals surface area contributed by atoms with Crippen LogP contribution in [0.5, 0.6) is 11.5 Å². The van der Waals surface area contributed by atoms with E-state index >= 15 is 0 Å². The average molecular weight is 474 g/mol. The number of methoxy groups -OCH3 is 1. The second-order valence-electron chi connectivity index (χ2n) is 7.43. The van der Waals surface area contributed by atoms with Gasteiger partial charge in [-0.3, -0.25) is 0 Å². The van der Waals surface area contributed by atoms with Crippen LogP contribution >= 0.6 is 11.6 Å². The molecule has 3 aromatic carbocycles. The fourth-order valence-corrected chi connectivity index (χ4v) is 5.06. The van der Waals surface area contributed by atoms with E-state index in [1.165, 1.54) is 17.5 Å². The molecule has 0 atom stereocenters. The summed E-state index contributed by atoms with van der Waals surface area (Å²) in [6.45, 7) is 1.62. The van der Waals surface area contributed by atoms with Gasteiger partial charge in [-0.05, 0) is 47.5 Å². The molecule has 32 heavy (non-hydrogen) atoms. The summed E-state index contributed by atoms with van der Waals surface area (Å²) in [5.74, 6) is 1.19. The highest BCUT2D eigenvalue weighted by Crippen LogP contribution is 2.29. The highest BCUT2D eigenvalue weighted by Gasteiger charge is 2.28. The molecule has 168 valence electrons. The first-order chi connectivity index (χ1) is 15.5. The number of ether oxygens (including phenoxy) is 3. The predicted molar refractivity (Wildman–Crippen MR) is 122 cm³/mol. The maximum Gasteiger partial charge on any atom is 0.243 e. The van der Waals surface area contributed by atoms with Crippen LogP contribution in [0.15, 0.2) is 71.6 Å². The molecule has 0 aromatic heterocycles. The van der Waals surface area contributed by atoms with Gasteiger partial charge in [-0.2, -0.15) is 4.31 Å². The number of halogens is 1. The average Bonchev–Trinajstić information content (AvgIpc) is 3.03. The van der Waals surface area contributed by atoms with E-state index in [0.717, 1.165) is 16.7 Å². The molecule has 0 spiro atoms. The summed E-state index contributed by atoms with van der Waals surface area (Å²) >= 11 is 5.91. The Balaban J connectivity index is 1.48. The lowest BCUT2D eigenvalue weighted by atomic mass is 10.1. The number of benzene rings is 3. The quantitative estimate of drug-likeness (QED) is 0.499. The van der Waals surface area contributed by atoms with E-state index in [2.05, 4.69) is 0 Å². The van der Waals surface area contributed by atoms with Gasteiger partial charge in [0.2, 0.25) is 10.0 Å². The van der Waals surface area contributed by atoms with Crippen LogP contribution in [-0.2, 0) is 34.5 Å². The summed E-state index contributed by atoms with van der Waals surface area (Å²) < 4.78 is 44.7. The van der Waals surface area contributed by atoms with Crippen molar-refractivity contribution in [2.75, 3.05) is 20.3 Å². The SMILES string of the molecule is COc1cccc(S(=O)(=O)N2CCOc3ccc(COCc4ccc(Cl)cc4)cc3C2)c1. The van der Waals surface area contributed by atoms with Crippen LogP contribution < -0.4 is 9.47 Å². The standard InChI is InChI=1S/C24H24ClNO5S/c1-29-22-3-2-4-23(14-22)32(27,28)26-11-12-31-24-10-7-19(13-20(24)15-26)17-30-16-18-5-8-21(25)9-6-18/h2-10,13-14H,11-12,15-17H2,1H3. The molecule has 1 heterocycles. The Morgan fingerprint density at radius 2 is 1.75 bits per heavy atom. The lowest BCUT2D eigenvalue weighted by Gasteiger charge is -2.20. The van der Waals surface area contributed by atoms with Crippen molar-refractivity contribution >= 4 is 21.6 Å². The van der Waals surface area contributed by atoms with E-state index in [0.29, 0.717) is 29.7 Å². The lowest BCUT2D eigenvalue weighted by Crippen LogP contribution is -2.32. The lowest BCUT2D eigenvalue weighted by molar-refractivity contribution is 0.107. The Hall–Kier alpha value is -2.58. The molecule has 0 N–H and O–H groups in total. The third kappa shape index (κ3) is 5.24. The molecule has 0 radical (unpaired) electrons. The molecule has 8 heteroatoms. The molecule has 4 rings (SSSR count). The van der Waals surface area contributed by atoms with Crippen LogP contribution in [0.3, 0.4) is 0 Å². The molecule has 0 aliphatic carbocycles. The molecule has 0 saturated carbocycles. The van der Waals surface area contributed by atoms with Crippen LogP contribution in [0.2, 0.25) is 5.02 Å². The van der Waals surface area contributed by atoms with Gasteiger partial charge < -0.3 is 14.2 Å². The van der Waals surface area contributed by atoms with E-state index < -0.39 is 10.0 Å². The summed E-state index contributed by atoms with van der Waals surface area (Å²) in [6.07, 6.45) is 0.